The Bertz CT molecular complexity index is 528. The smallest absolute Gasteiger partial charge is 0.161 e. The van der Waals surface area contributed by atoms with Gasteiger partial charge >= 0.3 is 0 Å². The molecule has 1 heterocycles. The second kappa shape index (κ2) is 5.81. The number of hydrogen-bond acceptors (Lipinski definition) is 5. The molecular weight excluding hydrogens is 253 g/mol. The number of thioether (sulfide) groups is 1. The van der Waals surface area contributed by atoms with E-state index < -0.39 is 0 Å². The molecule has 0 unspecified atom stereocenters. The van der Waals surface area contributed by atoms with Gasteiger partial charge in [0.2, 0.25) is 0 Å². The van der Waals surface area contributed by atoms with Crippen molar-refractivity contribution in [1.82, 2.24) is 20.2 Å². The van der Waals surface area contributed by atoms with Gasteiger partial charge < -0.3 is 5.73 Å². The summed E-state index contributed by atoms with van der Waals surface area (Å²) in [6.45, 7) is 2.86. The molecular formula is C11H14FN5S. The number of rotatable bonds is 5. The van der Waals surface area contributed by atoms with Gasteiger partial charge in [-0.05, 0) is 35.0 Å². The van der Waals surface area contributed by atoms with Gasteiger partial charge in [-0.1, -0.05) is 6.92 Å². The van der Waals surface area contributed by atoms with Crippen molar-refractivity contribution in [2.24, 2.45) is 0 Å². The summed E-state index contributed by atoms with van der Waals surface area (Å²) in [5, 5.41) is 11.5. The summed E-state index contributed by atoms with van der Waals surface area (Å²) in [5.41, 5.74) is 6.18. The van der Waals surface area contributed by atoms with Crippen LogP contribution >= 0.6 is 11.8 Å². The molecule has 5 nitrogen and oxygen atoms in total. The van der Waals surface area contributed by atoms with Gasteiger partial charge in [-0.2, -0.15) is 0 Å². The highest BCUT2D eigenvalue weighted by atomic mass is 32.2. The summed E-state index contributed by atoms with van der Waals surface area (Å²) in [6.07, 6.45) is 0.974. The van der Waals surface area contributed by atoms with E-state index in [0.29, 0.717) is 11.4 Å². The molecule has 1 aromatic heterocycles. The number of nitrogens with zero attached hydrogens (tertiary/aromatic N) is 4. The average Bonchev–Trinajstić information content (AvgIpc) is 2.76. The molecule has 0 aliphatic carbocycles. The first kappa shape index (κ1) is 12.8. The molecule has 1 aromatic carbocycles. The minimum Gasteiger partial charge on any atom is -0.398 e. The van der Waals surface area contributed by atoms with Gasteiger partial charge in [0, 0.05) is 17.1 Å². The lowest BCUT2D eigenvalue weighted by molar-refractivity contribution is 0.564. The van der Waals surface area contributed by atoms with Crippen LogP contribution in [0.25, 0.3) is 0 Å². The molecule has 0 fully saturated rings. The summed E-state index contributed by atoms with van der Waals surface area (Å²) in [6, 6.07) is 4.38. The first-order valence-corrected chi connectivity index (χ1v) is 6.62. The molecule has 18 heavy (non-hydrogen) atoms. The maximum atomic E-state index is 12.9. The minimum absolute atomic E-state index is 0.326. The van der Waals surface area contributed by atoms with E-state index in [1.807, 2.05) is 0 Å². The Morgan fingerprint density at radius 2 is 2.28 bits per heavy atom. The fourth-order valence-corrected chi connectivity index (χ4v) is 2.39. The van der Waals surface area contributed by atoms with Crippen LogP contribution in [0.2, 0.25) is 0 Å². The lowest BCUT2D eigenvalue weighted by atomic mass is 10.3. The third kappa shape index (κ3) is 2.98. The molecule has 2 N–H and O–H groups in total. The highest BCUT2D eigenvalue weighted by Gasteiger charge is 2.08. The largest absolute Gasteiger partial charge is 0.398 e. The van der Waals surface area contributed by atoms with E-state index in [1.165, 1.54) is 23.9 Å². The Labute approximate surface area is 109 Å². The lowest BCUT2D eigenvalue weighted by Crippen LogP contribution is -2.04. The molecule has 0 amide bonds. The molecule has 0 saturated heterocycles. The number of nitrogens with two attached hydrogens (primary N) is 1. The van der Waals surface area contributed by atoms with Gasteiger partial charge in [-0.15, -0.1) is 16.9 Å². The van der Waals surface area contributed by atoms with Crippen LogP contribution in [-0.4, -0.2) is 20.2 Å². The number of halogens is 1. The van der Waals surface area contributed by atoms with E-state index in [-0.39, 0.29) is 5.82 Å². The second-order valence-electron chi connectivity index (χ2n) is 3.79. The Morgan fingerprint density at radius 3 is 3.00 bits per heavy atom. The highest BCUT2D eigenvalue weighted by Crippen LogP contribution is 2.27. The molecule has 0 aliphatic rings. The summed E-state index contributed by atoms with van der Waals surface area (Å²) >= 11 is 1.50. The van der Waals surface area contributed by atoms with Crippen molar-refractivity contribution in [2.75, 3.05) is 5.73 Å². The molecule has 0 atom stereocenters. The number of aryl methyl sites for hydroxylation is 1. The average molecular weight is 267 g/mol. The number of tetrazole rings is 1. The SMILES string of the molecule is CCCn1nnnc1CSc1ccc(F)cc1N. The molecule has 0 radical (unpaired) electrons. The van der Waals surface area contributed by atoms with Crippen LogP contribution in [0.5, 0.6) is 0 Å². The van der Waals surface area contributed by atoms with E-state index in [9.17, 15) is 4.39 Å². The van der Waals surface area contributed by atoms with Crippen LogP contribution in [0.1, 0.15) is 19.2 Å². The number of hydrogen-bond donors (Lipinski definition) is 1. The topological polar surface area (TPSA) is 69.6 Å². The quantitative estimate of drug-likeness (QED) is 0.663. The summed E-state index contributed by atoms with van der Waals surface area (Å²) in [7, 11) is 0. The van der Waals surface area contributed by atoms with Crippen LogP contribution in [0.15, 0.2) is 23.1 Å². The third-order valence-electron chi connectivity index (χ3n) is 2.37. The Morgan fingerprint density at radius 1 is 1.44 bits per heavy atom. The van der Waals surface area contributed by atoms with E-state index in [0.717, 1.165) is 23.7 Å². The number of nitrogen functional groups attached to an aromatic ring is 1. The van der Waals surface area contributed by atoms with Crippen LogP contribution in [0.3, 0.4) is 0 Å². The van der Waals surface area contributed by atoms with Crippen LogP contribution in [0, 0.1) is 5.82 Å². The van der Waals surface area contributed by atoms with Gasteiger partial charge in [0.05, 0.1) is 5.75 Å². The fourth-order valence-electron chi connectivity index (χ4n) is 1.51. The lowest BCUT2D eigenvalue weighted by Gasteiger charge is -2.05. The molecule has 2 aromatic rings. The highest BCUT2D eigenvalue weighted by molar-refractivity contribution is 7.98. The predicted octanol–water partition coefficient (Wildman–Crippen LogP) is 2.10. The number of aromatic nitrogens is 4. The van der Waals surface area contributed by atoms with Crippen molar-refractivity contribution in [3.63, 3.8) is 0 Å². The van der Waals surface area contributed by atoms with E-state index in [4.69, 9.17) is 5.73 Å². The number of benzene rings is 1. The number of anilines is 1. The van der Waals surface area contributed by atoms with Gasteiger partial charge in [-0.3, -0.25) is 0 Å². The van der Waals surface area contributed by atoms with Gasteiger partial charge in [0.1, 0.15) is 5.82 Å². The van der Waals surface area contributed by atoms with Gasteiger partial charge in [0.25, 0.3) is 0 Å². The molecule has 0 aliphatic heterocycles. The van der Waals surface area contributed by atoms with E-state index >= 15 is 0 Å². The molecule has 96 valence electrons. The van der Waals surface area contributed by atoms with Crippen LogP contribution in [-0.2, 0) is 12.3 Å². The van der Waals surface area contributed by atoms with Crippen molar-refractivity contribution in [2.45, 2.75) is 30.5 Å². The zero-order valence-corrected chi connectivity index (χ0v) is 10.8. The Hall–Kier alpha value is -1.63. The second-order valence-corrected chi connectivity index (χ2v) is 4.81. The van der Waals surface area contributed by atoms with Gasteiger partial charge in [0.15, 0.2) is 5.82 Å². The minimum atomic E-state index is -0.326. The maximum absolute atomic E-state index is 12.9. The standard InChI is InChI=1S/C11H14FN5S/c1-2-5-17-11(14-15-16-17)7-18-10-4-3-8(12)6-9(10)13/h3-4,6H,2,5,7,13H2,1H3. The fraction of sp³-hybridized carbons (Fsp3) is 0.364. The molecule has 2 rings (SSSR count). The Balaban J connectivity index is 2.04. The molecule has 7 heteroatoms. The summed E-state index contributed by atoms with van der Waals surface area (Å²) in [4.78, 5) is 0.836. The summed E-state index contributed by atoms with van der Waals surface area (Å²) in [5.74, 6) is 1.08. The van der Waals surface area contributed by atoms with E-state index in [1.54, 1.807) is 10.7 Å². The Kier molecular flexibility index (Phi) is 4.14. The van der Waals surface area contributed by atoms with Crippen molar-refractivity contribution in [3.8, 4) is 0 Å². The van der Waals surface area contributed by atoms with Crippen molar-refractivity contribution >= 4 is 17.4 Å². The van der Waals surface area contributed by atoms with E-state index in [2.05, 4.69) is 22.4 Å². The van der Waals surface area contributed by atoms with Crippen molar-refractivity contribution < 1.29 is 4.39 Å². The molecule has 0 spiro atoms. The third-order valence-corrected chi connectivity index (χ3v) is 3.46. The molecule has 0 saturated carbocycles. The predicted molar refractivity (Wildman–Crippen MR) is 68.5 cm³/mol. The molecule has 0 bridgehead atoms. The monoisotopic (exact) mass is 267 g/mol. The normalized spacial score (nSPS) is 10.8. The maximum Gasteiger partial charge on any atom is 0.161 e. The van der Waals surface area contributed by atoms with Crippen molar-refractivity contribution in [1.29, 1.82) is 0 Å². The van der Waals surface area contributed by atoms with Gasteiger partial charge in [-0.25, -0.2) is 9.07 Å². The van der Waals surface area contributed by atoms with Crippen molar-refractivity contribution in [3.05, 3.63) is 29.8 Å². The first-order chi connectivity index (χ1) is 8.70. The van der Waals surface area contributed by atoms with Crippen LogP contribution in [0.4, 0.5) is 10.1 Å². The summed E-state index contributed by atoms with van der Waals surface area (Å²) < 4.78 is 14.7. The zero-order chi connectivity index (χ0) is 13.0. The van der Waals surface area contributed by atoms with Crippen LogP contribution < -0.4 is 5.73 Å². The zero-order valence-electron chi connectivity index (χ0n) is 10.0. The first-order valence-electron chi connectivity index (χ1n) is 5.63.